The maximum Gasteiger partial charge on any atom is 0.326 e. The lowest BCUT2D eigenvalue weighted by molar-refractivity contribution is -0.145. The fourth-order valence-electron chi connectivity index (χ4n) is 2.06. The Morgan fingerprint density at radius 1 is 1.10 bits per heavy atom. The molecule has 0 radical (unpaired) electrons. The van der Waals surface area contributed by atoms with Crippen LogP contribution >= 0.6 is 0 Å². The first-order valence-corrected chi connectivity index (χ1v) is 6.30. The van der Waals surface area contributed by atoms with Gasteiger partial charge in [0.2, 0.25) is 0 Å². The summed E-state index contributed by atoms with van der Waals surface area (Å²) in [6, 6.07) is 1.54. The number of aryl methyl sites for hydroxylation is 3. The minimum Gasteiger partial charge on any atom is -0.481 e. The first kappa shape index (κ1) is 16.5. The molecule has 2 amide bonds. The van der Waals surface area contributed by atoms with Gasteiger partial charge in [-0.15, -0.1) is 0 Å². The van der Waals surface area contributed by atoms with E-state index in [0.717, 1.165) is 16.7 Å². The van der Waals surface area contributed by atoms with Crippen LogP contribution in [0.5, 0.6) is 0 Å². The van der Waals surface area contributed by atoms with Gasteiger partial charge in [0.15, 0.2) is 0 Å². The number of aliphatic carboxylic acids is 2. The highest BCUT2D eigenvalue weighted by atomic mass is 16.4. The van der Waals surface area contributed by atoms with Crippen LogP contribution in [0.4, 0.5) is 10.5 Å². The zero-order chi connectivity index (χ0) is 16.2. The Hall–Kier alpha value is -2.57. The maximum atomic E-state index is 11.8. The van der Waals surface area contributed by atoms with Crippen molar-refractivity contribution < 1.29 is 24.6 Å². The van der Waals surface area contributed by atoms with E-state index in [2.05, 4.69) is 10.6 Å². The average molecular weight is 294 g/mol. The maximum absolute atomic E-state index is 11.8. The number of hydrogen-bond acceptors (Lipinski definition) is 3. The third kappa shape index (κ3) is 4.79. The van der Waals surface area contributed by atoms with Crippen molar-refractivity contribution in [2.75, 3.05) is 5.32 Å². The topological polar surface area (TPSA) is 116 Å². The Kier molecular flexibility index (Phi) is 5.29. The molecule has 1 aromatic rings. The van der Waals surface area contributed by atoms with E-state index < -0.39 is 30.4 Å². The number of carboxylic acid groups (broad SMARTS) is 2. The number of nitrogens with one attached hydrogen (secondary N) is 2. The van der Waals surface area contributed by atoms with Gasteiger partial charge in [-0.2, -0.15) is 0 Å². The van der Waals surface area contributed by atoms with Crippen molar-refractivity contribution in [3.63, 3.8) is 0 Å². The number of carbonyl (C=O) groups excluding carboxylic acids is 1. The van der Waals surface area contributed by atoms with E-state index in [9.17, 15) is 14.4 Å². The number of carboxylic acids is 2. The molecule has 0 aliphatic carbocycles. The summed E-state index contributed by atoms with van der Waals surface area (Å²) in [7, 11) is 0. The van der Waals surface area contributed by atoms with Crippen LogP contribution in [0, 0.1) is 20.8 Å². The van der Waals surface area contributed by atoms with Gasteiger partial charge >= 0.3 is 18.0 Å². The van der Waals surface area contributed by atoms with E-state index in [4.69, 9.17) is 10.2 Å². The summed E-state index contributed by atoms with van der Waals surface area (Å²) in [5.41, 5.74) is 3.31. The normalized spacial score (nSPS) is 11.6. The molecular weight excluding hydrogens is 276 g/mol. The number of amides is 2. The summed E-state index contributed by atoms with van der Waals surface area (Å²) in [5, 5.41) is 22.2. The van der Waals surface area contributed by atoms with Gasteiger partial charge in [-0.1, -0.05) is 17.7 Å². The van der Waals surface area contributed by atoms with Gasteiger partial charge in [-0.25, -0.2) is 9.59 Å². The molecule has 21 heavy (non-hydrogen) atoms. The van der Waals surface area contributed by atoms with Crippen LogP contribution in [0.15, 0.2) is 12.1 Å². The van der Waals surface area contributed by atoms with Crippen molar-refractivity contribution in [3.05, 3.63) is 28.8 Å². The van der Waals surface area contributed by atoms with E-state index in [1.165, 1.54) is 0 Å². The van der Waals surface area contributed by atoms with Gasteiger partial charge in [0.1, 0.15) is 6.04 Å². The Balaban J connectivity index is 2.82. The van der Waals surface area contributed by atoms with Crippen LogP contribution in [0.25, 0.3) is 0 Å². The molecule has 0 aromatic heterocycles. The molecule has 7 nitrogen and oxygen atoms in total. The molecule has 1 atom stereocenters. The second-order valence-corrected chi connectivity index (χ2v) is 4.86. The van der Waals surface area contributed by atoms with E-state index in [-0.39, 0.29) is 0 Å². The van der Waals surface area contributed by atoms with Crippen molar-refractivity contribution in [1.82, 2.24) is 5.32 Å². The van der Waals surface area contributed by atoms with Crippen LogP contribution in [0.2, 0.25) is 0 Å². The molecule has 7 heteroatoms. The molecule has 0 unspecified atom stereocenters. The number of carbonyl (C=O) groups is 3. The lowest BCUT2D eigenvalue weighted by atomic mass is 10.1. The molecule has 4 N–H and O–H groups in total. The quantitative estimate of drug-likeness (QED) is 0.659. The highest BCUT2D eigenvalue weighted by molar-refractivity contribution is 5.94. The van der Waals surface area contributed by atoms with Crippen molar-refractivity contribution >= 4 is 23.7 Å². The summed E-state index contributed by atoms with van der Waals surface area (Å²) in [4.78, 5) is 33.3. The van der Waals surface area contributed by atoms with Gasteiger partial charge in [0, 0.05) is 5.69 Å². The van der Waals surface area contributed by atoms with Crippen molar-refractivity contribution in [2.24, 2.45) is 0 Å². The molecule has 114 valence electrons. The number of benzene rings is 1. The van der Waals surface area contributed by atoms with E-state index in [1.54, 1.807) is 0 Å². The summed E-state index contributed by atoms with van der Waals surface area (Å²) >= 11 is 0. The highest BCUT2D eigenvalue weighted by Crippen LogP contribution is 2.21. The molecule has 0 saturated carbocycles. The predicted octanol–water partition coefficient (Wildman–Crippen LogP) is 1.66. The Bertz CT molecular complexity index is 560. The monoisotopic (exact) mass is 294 g/mol. The van der Waals surface area contributed by atoms with Crippen LogP contribution in [0.3, 0.4) is 0 Å². The Morgan fingerprint density at radius 2 is 1.62 bits per heavy atom. The standard InChI is InChI=1S/C14H18N2O5/c1-7-4-8(2)12(9(3)5-7)16-14(21)15-10(13(19)20)6-11(17)18/h4-5,10H,6H2,1-3H3,(H,17,18)(H,19,20)(H2,15,16,21)/t10-/m1/s1. The third-order valence-corrected chi connectivity index (χ3v) is 2.90. The molecule has 0 saturated heterocycles. The second kappa shape index (κ2) is 6.74. The zero-order valence-corrected chi connectivity index (χ0v) is 12.1. The number of urea groups is 1. The van der Waals surface area contributed by atoms with Crippen molar-refractivity contribution in [2.45, 2.75) is 33.2 Å². The van der Waals surface area contributed by atoms with Gasteiger partial charge < -0.3 is 20.8 Å². The molecule has 0 fully saturated rings. The van der Waals surface area contributed by atoms with Crippen molar-refractivity contribution in [1.29, 1.82) is 0 Å². The summed E-state index contributed by atoms with van der Waals surface area (Å²) in [6.45, 7) is 5.57. The van der Waals surface area contributed by atoms with Gasteiger partial charge in [0.05, 0.1) is 6.42 Å². The summed E-state index contributed by atoms with van der Waals surface area (Å²) < 4.78 is 0. The first-order chi connectivity index (χ1) is 9.70. The average Bonchev–Trinajstić information content (AvgIpc) is 2.32. The third-order valence-electron chi connectivity index (χ3n) is 2.90. The molecule has 0 heterocycles. The summed E-state index contributed by atoms with van der Waals surface area (Å²) in [5.74, 6) is -2.70. The van der Waals surface area contributed by atoms with Gasteiger partial charge in [0.25, 0.3) is 0 Å². The van der Waals surface area contributed by atoms with Crippen LogP contribution < -0.4 is 10.6 Å². The number of hydrogen-bond donors (Lipinski definition) is 4. The molecule has 1 rings (SSSR count). The van der Waals surface area contributed by atoms with E-state index >= 15 is 0 Å². The summed E-state index contributed by atoms with van der Waals surface area (Å²) in [6.07, 6.45) is -0.686. The van der Waals surface area contributed by atoms with Gasteiger partial charge in [-0.3, -0.25) is 4.79 Å². The largest absolute Gasteiger partial charge is 0.481 e. The molecule has 0 aliphatic rings. The van der Waals surface area contributed by atoms with Crippen molar-refractivity contribution in [3.8, 4) is 0 Å². The van der Waals surface area contributed by atoms with E-state index in [1.807, 2.05) is 32.9 Å². The van der Waals surface area contributed by atoms with Crippen LogP contribution in [0.1, 0.15) is 23.1 Å². The second-order valence-electron chi connectivity index (χ2n) is 4.86. The van der Waals surface area contributed by atoms with Crippen LogP contribution in [-0.4, -0.2) is 34.2 Å². The lowest BCUT2D eigenvalue weighted by Gasteiger charge is -2.16. The predicted molar refractivity (Wildman–Crippen MR) is 76.5 cm³/mol. The molecule has 1 aromatic carbocycles. The number of anilines is 1. The highest BCUT2D eigenvalue weighted by Gasteiger charge is 2.23. The lowest BCUT2D eigenvalue weighted by Crippen LogP contribution is -2.44. The smallest absolute Gasteiger partial charge is 0.326 e. The fraction of sp³-hybridized carbons (Fsp3) is 0.357. The zero-order valence-electron chi connectivity index (χ0n) is 12.1. The first-order valence-electron chi connectivity index (χ1n) is 6.30. The molecule has 0 aliphatic heterocycles. The SMILES string of the molecule is Cc1cc(C)c(NC(=O)N[C@H](CC(=O)O)C(=O)O)c(C)c1. The number of rotatable bonds is 5. The van der Waals surface area contributed by atoms with E-state index in [0.29, 0.717) is 5.69 Å². The molecule has 0 spiro atoms. The van der Waals surface area contributed by atoms with Gasteiger partial charge in [-0.05, 0) is 31.9 Å². The molecular formula is C14H18N2O5. The Labute approximate surface area is 122 Å². The Morgan fingerprint density at radius 3 is 2.05 bits per heavy atom. The fourth-order valence-corrected chi connectivity index (χ4v) is 2.06. The minimum atomic E-state index is -1.48. The molecule has 0 bridgehead atoms. The van der Waals surface area contributed by atoms with Crippen LogP contribution in [-0.2, 0) is 9.59 Å². The minimum absolute atomic E-state index is 0.581.